The number of fused-ring (bicyclic) bond motifs is 1. The van der Waals surface area contributed by atoms with Crippen molar-refractivity contribution < 1.29 is 14.3 Å². The monoisotopic (exact) mass is 324 g/mol. The Bertz CT molecular complexity index is 716. The van der Waals surface area contributed by atoms with Crippen molar-refractivity contribution in [1.82, 2.24) is 10.6 Å². The van der Waals surface area contributed by atoms with Crippen LogP contribution in [-0.4, -0.2) is 31.5 Å². The van der Waals surface area contributed by atoms with Gasteiger partial charge in [0.2, 0.25) is 5.91 Å². The number of carbonyl (C=O) groups is 2. The number of benzene rings is 2. The summed E-state index contributed by atoms with van der Waals surface area (Å²) in [6.07, 6.45) is 0.301. The van der Waals surface area contributed by atoms with Crippen LogP contribution in [0.15, 0.2) is 54.6 Å². The summed E-state index contributed by atoms with van der Waals surface area (Å²) >= 11 is 0. The molecule has 0 aliphatic carbocycles. The molecule has 1 unspecified atom stereocenters. The molecule has 1 atom stereocenters. The minimum absolute atomic E-state index is 0.0514. The number of hydrogen-bond acceptors (Lipinski definition) is 3. The minimum atomic E-state index is -0.0553. The SMILES string of the molecule is O=C(CCOc1ccccc1)NCC1CNC(=O)c2ccccc21. The molecular weight excluding hydrogens is 304 g/mol. The molecule has 1 aliphatic rings. The van der Waals surface area contributed by atoms with Gasteiger partial charge in [-0.25, -0.2) is 0 Å². The molecule has 2 aromatic carbocycles. The average molecular weight is 324 g/mol. The Balaban J connectivity index is 1.47. The van der Waals surface area contributed by atoms with Gasteiger partial charge in [-0.2, -0.15) is 0 Å². The van der Waals surface area contributed by atoms with Gasteiger partial charge in [0.1, 0.15) is 5.75 Å². The molecule has 1 heterocycles. The molecule has 0 fully saturated rings. The smallest absolute Gasteiger partial charge is 0.251 e. The molecule has 3 rings (SSSR count). The zero-order valence-electron chi connectivity index (χ0n) is 13.3. The van der Waals surface area contributed by atoms with Crippen molar-refractivity contribution in [3.05, 3.63) is 65.7 Å². The van der Waals surface area contributed by atoms with Gasteiger partial charge in [-0.1, -0.05) is 36.4 Å². The number of rotatable bonds is 6. The summed E-state index contributed by atoms with van der Waals surface area (Å²) in [6.45, 7) is 1.38. The predicted octanol–water partition coefficient (Wildman–Crippen LogP) is 2.10. The number of carbonyl (C=O) groups excluding carboxylic acids is 2. The van der Waals surface area contributed by atoms with Crippen LogP contribution in [0.2, 0.25) is 0 Å². The van der Waals surface area contributed by atoms with Crippen LogP contribution in [0.25, 0.3) is 0 Å². The second kappa shape index (κ2) is 7.64. The summed E-state index contributed by atoms with van der Waals surface area (Å²) in [4.78, 5) is 23.8. The van der Waals surface area contributed by atoms with Gasteiger partial charge in [-0.05, 0) is 23.8 Å². The first-order chi connectivity index (χ1) is 11.7. The van der Waals surface area contributed by atoms with E-state index in [9.17, 15) is 9.59 Å². The lowest BCUT2D eigenvalue weighted by molar-refractivity contribution is -0.121. The molecular formula is C19H20N2O3. The van der Waals surface area contributed by atoms with E-state index in [0.29, 0.717) is 31.7 Å². The largest absolute Gasteiger partial charge is 0.493 e. The highest BCUT2D eigenvalue weighted by Crippen LogP contribution is 2.23. The minimum Gasteiger partial charge on any atom is -0.493 e. The van der Waals surface area contributed by atoms with Crippen LogP contribution in [0, 0.1) is 0 Å². The van der Waals surface area contributed by atoms with E-state index in [-0.39, 0.29) is 17.7 Å². The van der Waals surface area contributed by atoms with Crippen molar-refractivity contribution in [1.29, 1.82) is 0 Å². The zero-order chi connectivity index (χ0) is 16.8. The van der Waals surface area contributed by atoms with Crippen molar-refractivity contribution in [2.75, 3.05) is 19.7 Å². The second-order valence-corrected chi connectivity index (χ2v) is 5.71. The molecule has 5 nitrogen and oxygen atoms in total. The number of nitrogens with one attached hydrogen (secondary N) is 2. The van der Waals surface area contributed by atoms with Crippen LogP contribution in [0.4, 0.5) is 0 Å². The van der Waals surface area contributed by atoms with E-state index in [4.69, 9.17) is 4.74 Å². The first kappa shape index (κ1) is 16.1. The third-order valence-electron chi connectivity index (χ3n) is 4.04. The molecule has 0 saturated carbocycles. The molecule has 2 N–H and O–H groups in total. The number of para-hydroxylation sites is 1. The van der Waals surface area contributed by atoms with Crippen molar-refractivity contribution in [3.63, 3.8) is 0 Å². The average Bonchev–Trinajstić information content (AvgIpc) is 2.62. The second-order valence-electron chi connectivity index (χ2n) is 5.71. The fraction of sp³-hybridized carbons (Fsp3) is 0.263. The lowest BCUT2D eigenvalue weighted by Crippen LogP contribution is -2.40. The molecule has 24 heavy (non-hydrogen) atoms. The lowest BCUT2D eigenvalue weighted by Gasteiger charge is -2.25. The van der Waals surface area contributed by atoms with Crippen molar-refractivity contribution >= 4 is 11.8 Å². The summed E-state index contributed by atoms with van der Waals surface area (Å²) in [5, 5.41) is 5.79. The van der Waals surface area contributed by atoms with Crippen LogP contribution in [0.3, 0.4) is 0 Å². The highest BCUT2D eigenvalue weighted by molar-refractivity contribution is 5.97. The van der Waals surface area contributed by atoms with Gasteiger partial charge in [0.15, 0.2) is 0 Å². The van der Waals surface area contributed by atoms with Crippen molar-refractivity contribution in [2.45, 2.75) is 12.3 Å². The first-order valence-corrected chi connectivity index (χ1v) is 8.05. The van der Waals surface area contributed by atoms with Crippen LogP contribution in [0.5, 0.6) is 5.75 Å². The highest BCUT2D eigenvalue weighted by atomic mass is 16.5. The van der Waals surface area contributed by atoms with E-state index >= 15 is 0 Å². The topological polar surface area (TPSA) is 67.4 Å². The Kier molecular flexibility index (Phi) is 5.11. The Hall–Kier alpha value is -2.82. The Labute approximate surface area is 141 Å². The van der Waals surface area contributed by atoms with Crippen LogP contribution >= 0.6 is 0 Å². The zero-order valence-corrected chi connectivity index (χ0v) is 13.3. The molecule has 2 aromatic rings. The number of ether oxygens (including phenoxy) is 1. The van der Waals surface area contributed by atoms with Gasteiger partial charge in [0.05, 0.1) is 13.0 Å². The van der Waals surface area contributed by atoms with E-state index in [1.54, 1.807) is 0 Å². The van der Waals surface area contributed by atoms with E-state index in [1.807, 2.05) is 54.6 Å². The Morgan fingerprint density at radius 2 is 1.88 bits per heavy atom. The summed E-state index contributed by atoms with van der Waals surface area (Å²) in [5.41, 5.74) is 1.68. The highest BCUT2D eigenvalue weighted by Gasteiger charge is 2.24. The summed E-state index contributed by atoms with van der Waals surface area (Å²) < 4.78 is 5.52. The van der Waals surface area contributed by atoms with Crippen molar-refractivity contribution in [3.8, 4) is 5.75 Å². The van der Waals surface area contributed by atoms with Crippen LogP contribution in [-0.2, 0) is 4.79 Å². The molecule has 5 heteroatoms. The maximum atomic E-state index is 12.0. The van der Waals surface area contributed by atoms with Gasteiger partial charge in [0, 0.05) is 24.6 Å². The summed E-state index contributed by atoms with van der Waals surface area (Å²) in [7, 11) is 0. The molecule has 1 aliphatic heterocycles. The standard InChI is InChI=1S/C19H20N2O3/c22-18(10-11-24-15-6-2-1-3-7-15)20-12-14-13-21-19(23)17-9-5-4-8-16(14)17/h1-9,14H,10-13H2,(H,20,22)(H,21,23). The Morgan fingerprint density at radius 1 is 1.12 bits per heavy atom. The van der Waals surface area contributed by atoms with E-state index in [0.717, 1.165) is 11.3 Å². The van der Waals surface area contributed by atoms with E-state index < -0.39 is 0 Å². The van der Waals surface area contributed by atoms with Gasteiger partial charge in [-0.15, -0.1) is 0 Å². The fourth-order valence-corrected chi connectivity index (χ4v) is 2.77. The summed E-state index contributed by atoms with van der Waals surface area (Å²) in [6, 6.07) is 16.9. The number of hydrogen-bond donors (Lipinski definition) is 2. The summed E-state index contributed by atoms with van der Waals surface area (Å²) in [5.74, 6) is 0.747. The maximum Gasteiger partial charge on any atom is 0.251 e. The normalized spacial score (nSPS) is 16.0. The van der Waals surface area contributed by atoms with Gasteiger partial charge in [0.25, 0.3) is 5.91 Å². The first-order valence-electron chi connectivity index (χ1n) is 8.05. The predicted molar refractivity (Wildman–Crippen MR) is 91.1 cm³/mol. The van der Waals surface area contributed by atoms with Gasteiger partial charge in [-0.3, -0.25) is 9.59 Å². The van der Waals surface area contributed by atoms with Crippen molar-refractivity contribution in [2.24, 2.45) is 0 Å². The molecule has 0 saturated heterocycles. The molecule has 0 spiro atoms. The third-order valence-corrected chi connectivity index (χ3v) is 4.04. The quantitative estimate of drug-likeness (QED) is 0.855. The van der Waals surface area contributed by atoms with E-state index in [2.05, 4.69) is 10.6 Å². The van der Waals surface area contributed by atoms with Crippen LogP contribution in [0.1, 0.15) is 28.3 Å². The molecule has 0 aromatic heterocycles. The molecule has 2 amide bonds. The maximum absolute atomic E-state index is 12.0. The van der Waals surface area contributed by atoms with Crippen LogP contribution < -0.4 is 15.4 Å². The van der Waals surface area contributed by atoms with E-state index in [1.165, 1.54) is 0 Å². The molecule has 0 bridgehead atoms. The van der Waals surface area contributed by atoms with Gasteiger partial charge < -0.3 is 15.4 Å². The number of amides is 2. The fourth-order valence-electron chi connectivity index (χ4n) is 2.77. The molecule has 0 radical (unpaired) electrons. The lowest BCUT2D eigenvalue weighted by atomic mass is 9.90. The Morgan fingerprint density at radius 3 is 2.71 bits per heavy atom. The molecule has 124 valence electrons. The van der Waals surface area contributed by atoms with Gasteiger partial charge >= 0.3 is 0 Å². The third kappa shape index (κ3) is 3.93.